The van der Waals surface area contributed by atoms with E-state index in [4.69, 9.17) is 0 Å². The van der Waals surface area contributed by atoms with Crippen molar-refractivity contribution >= 4 is 66.6 Å². The van der Waals surface area contributed by atoms with Crippen LogP contribution in [0.4, 0.5) is 0 Å². The Morgan fingerprint density at radius 1 is 0.385 bits per heavy atom. The maximum atomic E-state index is 3.66. The quantitative estimate of drug-likeness (QED) is 0.154. The van der Waals surface area contributed by atoms with Gasteiger partial charge in [0, 0.05) is 20.9 Å². The number of para-hydroxylation sites is 2. The van der Waals surface area contributed by atoms with Gasteiger partial charge in [0.05, 0.1) is 11.0 Å². The number of fused-ring (bicyclic) bond motifs is 3. The normalized spacial score (nSPS) is 11.7. The van der Waals surface area contributed by atoms with E-state index in [0.29, 0.717) is 0 Å². The van der Waals surface area contributed by atoms with Gasteiger partial charge in [-0.1, -0.05) is 137 Å². The van der Waals surface area contributed by atoms with E-state index < -0.39 is 8.07 Å². The molecule has 0 aliphatic carbocycles. The van der Waals surface area contributed by atoms with Crippen LogP contribution in [-0.2, 0) is 0 Å². The average Bonchev–Trinajstić information content (AvgIpc) is 3.34. The van der Waals surface area contributed by atoms with E-state index in [-0.39, 0.29) is 0 Å². The van der Waals surface area contributed by atoms with Gasteiger partial charge in [0.25, 0.3) is 0 Å². The summed E-state index contributed by atoms with van der Waals surface area (Å²) in [7, 11) is -2.57. The zero-order chi connectivity index (χ0) is 26.2. The minimum atomic E-state index is -2.57. The fourth-order valence-corrected chi connectivity index (χ4v) is 11.1. The molecule has 1 heterocycles. The second-order valence-electron chi connectivity index (χ2n) is 9.91. The van der Waals surface area contributed by atoms with Gasteiger partial charge in [-0.2, -0.15) is 0 Å². The third-order valence-electron chi connectivity index (χ3n) is 7.83. The Hall–Kier alpha value is -4.18. The predicted molar refractivity (Wildman–Crippen MR) is 172 cm³/mol. The van der Waals surface area contributed by atoms with Crippen LogP contribution in [0.5, 0.6) is 0 Å². The monoisotopic (exact) mass is 579 g/mol. The second kappa shape index (κ2) is 9.85. The lowest BCUT2D eigenvalue weighted by Gasteiger charge is -2.34. The molecule has 0 fully saturated rings. The minimum Gasteiger partial charge on any atom is -0.309 e. The third kappa shape index (κ3) is 3.89. The molecule has 0 aliphatic rings. The lowest BCUT2D eigenvalue weighted by molar-refractivity contribution is 1.18. The summed E-state index contributed by atoms with van der Waals surface area (Å²) in [6.45, 7) is 0. The van der Waals surface area contributed by atoms with Gasteiger partial charge in [-0.05, 0) is 57.1 Å². The fourth-order valence-electron chi connectivity index (χ4n) is 6.14. The zero-order valence-corrected chi connectivity index (χ0v) is 23.9. The number of hydrogen-bond acceptors (Lipinski definition) is 0. The number of halogens is 1. The van der Waals surface area contributed by atoms with E-state index in [1.807, 2.05) is 0 Å². The number of hydrogen-bond donors (Lipinski definition) is 0. The molecule has 0 saturated heterocycles. The first-order valence-electron chi connectivity index (χ1n) is 13.2. The van der Waals surface area contributed by atoms with Crippen LogP contribution >= 0.6 is 15.9 Å². The molecule has 39 heavy (non-hydrogen) atoms. The van der Waals surface area contributed by atoms with E-state index in [2.05, 4.69) is 178 Å². The van der Waals surface area contributed by atoms with Crippen molar-refractivity contribution in [2.75, 3.05) is 0 Å². The highest BCUT2D eigenvalue weighted by atomic mass is 79.9. The zero-order valence-electron chi connectivity index (χ0n) is 21.3. The van der Waals surface area contributed by atoms with Gasteiger partial charge >= 0.3 is 0 Å². The van der Waals surface area contributed by atoms with Gasteiger partial charge in [0.1, 0.15) is 0 Å². The van der Waals surface area contributed by atoms with Crippen LogP contribution < -0.4 is 20.7 Å². The summed E-state index contributed by atoms with van der Waals surface area (Å²) in [5, 5.41) is 8.05. The molecule has 1 nitrogen and oxygen atoms in total. The second-order valence-corrected chi connectivity index (χ2v) is 14.6. The molecule has 3 heteroatoms. The van der Waals surface area contributed by atoms with Crippen LogP contribution in [0.25, 0.3) is 27.5 Å². The van der Waals surface area contributed by atoms with Crippen LogP contribution in [0.2, 0.25) is 0 Å². The van der Waals surface area contributed by atoms with Gasteiger partial charge in [0.2, 0.25) is 0 Å². The lowest BCUT2D eigenvalue weighted by atomic mass is 10.2. The van der Waals surface area contributed by atoms with E-state index in [9.17, 15) is 0 Å². The standard InChI is InChI=1S/C36H26BrNSi/c37-27-19-23-31(24-20-27)39(29-11-3-1-4-12-29,30-13-5-2-6-14-30)32-25-21-28(22-26-32)38-35-17-9-7-15-33(35)34-16-8-10-18-36(34)38/h1-26H. The summed E-state index contributed by atoms with van der Waals surface area (Å²) in [6, 6.07) is 57.8. The first-order valence-corrected chi connectivity index (χ1v) is 16.0. The van der Waals surface area contributed by atoms with Crippen LogP contribution in [0.1, 0.15) is 0 Å². The third-order valence-corrected chi connectivity index (χ3v) is 13.2. The molecule has 0 aliphatic heterocycles. The Balaban J connectivity index is 1.49. The van der Waals surface area contributed by atoms with Crippen molar-refractivity contribution < 1.29 is 0 Å². The van der Waals surface area contributed by atoms with Crippen LogP contribution in [0.3, 0.4) is 0 Å². The lowest BCUT2D eigenvalue weighted by Crippen LogP contribution is -2.74. The molecular formula is C36H26BrNSi. The molecule has 1 aromatic heterocycles. The predicted octanol–water partition coefficient (Wildman–Crippen LogP) is 6.92. The smallest absolute Gasteiger partial charge is 0.179 e. The van der Waals surface area contributed by atoms with Gasteiger partial charge in [-0.25, -0.2) is 0 Å². The summed E-state index contributed by atoms with van der Waals surface area (Å²) in [5.41, 5.74) is 3.64. The van der Waals surface area contributed by atoms with E-state index in [1.54, 1.807) is 0 Å². The number of nitrogens with zero attached hydrogens (tertiary/aromatic N) is 1. The fraction of sp³-hybridized carbons (Fsp3) is 0. The van der Waals surface area contributed by atoms with Crippen molar-refractivity contribution in [1.29, 1.82) is 0 Å². The van der Waals surface area contributed by atoms with Crippen molar-refractivity contribution in [3.05, 3.63) is 162 Å². The SMILES string of the molecule is Brc1ccc([Si](c2ccccc2)(c2ccccc2)c2ccc(-n3c4ccccc4c4ccccc43)cc2)cc1. The Bertz CT molecular complexity index is 1800. The van der Waals surface area contributed by atoms with E-state index >= 15 is 0 Å². The minimum absolute atomic E-state index is 1.09. The maximum absolute atomic E-state index is 3.66. The average molecular weight is 581 g/mol. The number of rotatable bonds is 5. The molecule has 0 unspecified atom stereocenters. The van der Waals surface area contributed by atoms with Crippen molar-refractivity contribution in [3.8, 4) is 5.69 Å². The molecule has 0 radical (unpaired) electrons. The highest BCUT2D eigenvalue weighted by Gasteiger charge is 2.41. The summed E-state index contributed by atoms with van der Waals surface area (Å²) in [5.74, 6) is 0. The molecule has 6 aromatic carbocycles. The highest BCUT2D eigenvalue weighted by Crippen LogP contribution is 2.31. The topological polar surface area (TPSA) is 4.93 Å². The summed E-state index contributed by atoms with van der Waals surface area (Å²) in [6.07, 6.45) is 0. The number of aromatic nitrogens is 1. The molecule has 0 bridgehead atoms. The van der Waals surface area contributed by atoms with Crippen LogP contribution in [-0.4, -0.2) is 12.6 Å². The van der Waals surface area contributed by atoms with E-state index in [1.165, 1.54) is 48.2 Å². The molecule has 0 N–H and O–H groups in total. The molecule has 7 aromatic rings. The number of benzene rings is 6. The summed E-state index contributed by atoms with van der Waals surface area (Å²) in [4.78, 5) is 0. The van der Waals surface area contributed by atoms with Gasteiger partial charge in [0.15, 0.2) is 8.07 Å². The first kappa shape index (κ1) is 23.9. The summed E-state index contributed by atoms with van der Waals surface area (Å²) >= 11 is 3.66. The Morgan fingerprint density at radius 2 is 0.769 bits per heavy atom. The van der Waals surface area contributed by atoms with Crippen molar-refractivity contribution in [3.63, 3.8) is 0 Å². The van der Waals surface area contributed by atoms with Gasteiger partial charge in [-0.15, -0.1) is 0 Å². The van der Waals surface area contributed by atoms with Crippen molar-refractivity contribution in [2.24, 2.45) is 0 Å². The van der Waals surface area contributed by atoms with Crippen molar-refractivity contribution in [1.82, 2.24) is 4.57 Å². The largest absolute Gasteiger partial charge is 0.309 e. The Labute approximate surface area is 238 Å². The maximum Gasteiger partial charge on any atom is 0.179 e. The Morgan fingerprint density at radius 3 is 1.26 bits per heavy atom. The molecule has 7 rings (SSSR count). The van der Waals surface area contributed by atoms with Crippen LogP contribution in [0.15, 0.2) is 162 Å². The molecule has 0 atom stereocenters. The molecule has 0 saturated carbocycles. The summed E-state index contributed by atoms with van der Waals surface area (Å²) < 4.78 is 3.49. The highest BCUT2D eigenvalue weighted by molar-refractivity contribution is 9.10. The first-order chi connectivity index (χ1) is 19.3. The molecule has 0 amide bonds. The van der Waals surface area contributed by atoms with Crippen molar-refractivity contribution in [2.45, 2.75) is 0 Å². The molecular weight excluding hydrogens is 554 g/mol. The molecule has 0 spiro atoms. The van der Waals surface area contributed by atoms with E-state index in [0.717, 1.165) is 4.47 Å². The van der Waals surface area contributed by atoms with Gasteiger partial charge < -0.3 is 4.57 Å². The molecule has 186 valence electrons. The Kier molecular flexibility index (Phi) is 6.03. The van der Waals surface area contributed by atoms with Gasteiger partial charge in [-0.3, -0.25) is 0 Å². The van der Waals surface area contributed by atoms with Crippen LogP contribution in [0, 0.1) is 0 Å².